The van der Waals surface area contributed by atoms with Crippen LogP contribution in [0, 0.1) is 0 Å². The Morgan fingerprint density at radius 1 is 0.411 bits per heavy atom. The van der Waals surface area contributed by atoms with Crippen molar-refractivity contribution in [2.45, 2.75) is 248 Å². The van der Waals surface area contributed by atoms with Crippen molar-refractivity contribution in [3.8, 4) is 0 Å². The molecule has 0 saturated heterocycles. The topological polar surface area (TPSA) is 36.4 Å². The third-order valence-corrected chi connectivity index (χ3v) is 12.1. The molecule has 2 aromatic carbocycles. The second kappa shape index (κ2) is 31.3. The fraction of sp³-hybridized carbons (Fsp3) is 0.704. The largest absolute Gasteiger partial charge is 0.348 e. The fourth-order valence-electron chi connectivity index (χ4n) is 8.70. The Labute approximate surface area is 348 Å². The predicted molar refractivity (Wildman–Crippen MR) is 249 cm³/mol. The number of hydrogen-bond acceptors (Lipinski definition) is 0. The maximum absolute atomic E-state index is 10.1. The number of aryl methyl sites for hydroxylation is 4. The van der Waals surface area contributed by atoms with Crippen molar-refractivity contribution in [3.05, 3.63) is 85.5 Å². The van der Waals surface area contributed by atoms with Gasteiger partial charge in [0.1, 0.15) is 0 Å². The van der Waals surface area contributed by atoms with Crippen LogP contribution in [0.4, 0.5) is 0 Å². The van der Waals surface area contributed by atoms with Gasteiger partial charge in [-0.25, -0.2) is 0 Å². The Kier molecular flexibility index (Phi) is 27.7. The molecule has 0 bridgehead atoms. The highest BCUT2D eigenvalue weighted by atomic mass is 14.8. The lowest BCUT2D eigenvalue weighted by Gasteiger charge is -2.24. The van der Waals surface area contributed by atoms with Crippen molar-refractivity contribution in [1.82, 2.24) is 0 Å². The molecule has 2 rings (SSSR count). The summed E-state index contributed by atoms with van der Waals surface area (Å²) in [5.41, 5.74) is 26.5. The lowest BCUT2D eigenvalue weighted by molar-refractivity contribution is 0.00739. The number of unbranched alkanes of at least 4 members (excludes halogenated alkanes) is 14. The van der Waals surface area contributed by atoms with Crippen LogP contribution in [-0.2, 0) is 38.5 Å². The highest BCUT2D eigenvalue weighted by Crippen LogP contribution is 2.39. The second-order valence-corrected chi connectivity index (χ2v) is 17.0. The first-order valence-corrected chi connectivity index (χ1v) is 24.5. The van der Waals surface area contributed by atoms with Crippen LogP contribution >= 0.6 is 0 Å². The summed E-state index contributed by atoms with van der Waals surface area (Å²) in [5.74, 6) is 3.20. The molecule has 56 heavy (non-hydrogen) atoms. The first-order valence-electron chi connectivity index (χ1n) is 24.5. The minimum atomic E-state index is 0.895. The van der Waals surface area contributed by atoms with Crippen molar-refractivity contribution in [3.63, 3.8) is 0 Å². The number of allylic oxidation sites excluding steroid dienone is 2. The van der Waals surface area contributed by atoms with Crippen LogP contribution in [0.5, 0.6) is 0 Å². The molecular weight excluding hydrogens is 677 g/mol. The lowest BCUT2D eigenvalue weighted by atomic mass is 9.79. The first-order chi connectivity index (χ1) is 27.5. The average molecular weight is 765 g/mol. The standard InChI is InChI=1S/C54H88N2/c1-9-17-25-28-34-46-41-50(42-47(35-29-26-18-10-2)52(46)38-30-27-19-11-3)54(53(37-24-16-8)48(43-56-55)33-22-14-6)49-39-44(31-20-12-4)51(36-23-15-7)45(40-49)32-21-13-5/h39-42H,9-38H2,1-8H3. The molecule has 0 amide bonds. The van der Waals surface area contributed by atoms with Gasteiger partial charge in [-0.05, 0) is 158 Å². The summed E-state index contributed by atoms with van der Waals surface area (Å²) in [6, 6.07) is 10.6. The first kappa shape index (κ1) is 49.5. The SMILES string of the molecule is CCCCCCc1cc(C(=C(CCCC)C(=C=[N+]=[N-])CCCC)c2cc(CCCC)c(CCCC)c(CCCC)c2)cc(CCCCCC)c1CCCCCC. The summed E-state index contributed by atoms with van der Waals surface area (Å²) in [4.78, 5) is 3.64. The molecule has 0 heterocycles. The Hall–Kier alpha value is -2.66. The van der Waals surface area contributed by atoms with E-state index in [0.717, 1.165) is 56.9 Å². The van der Waals surface area contributed by atoms with Gasteiger partial charge in [0.15, 0.2) is 0 Å². The minimum absolute atomic E-state index is 0.895. The minimum Gasteiger partial charge on any atom is -0.348 e. The molecule has 0 unspecified atom stereocenters. The molecule has 0 aromatic heterocycles. The van der Waals surface area contributed by atoms with Gasteiger partial charge in [-0.2, -0.15) is 0 Å². The van der Waals surface area contributed by atoms with E-state index in [4.69, 9.17) is 0 Å². The number of nitrogens with zero attached hydrogens (tertiary/aromatic N) is 2. The molecule has 2 aromatic rings. The Morgan fingerprint density at radius 3 is 1.14 bits per heavy atom. The maximum atomic E-state index is 10.1. The third kappa shape index (κ3) is 17.5. The fourth-order valence-corrected chi connectivity index (χ4v) is 8.70. The van der Waals surface area contributed by atoms with Gasteiger partial charge >= 0.3 is 5.87 Å². The number of rotatable bonds is 33. The van der Waals surface area contributed by atoms with Gasteiger partial charge in [0.25, 0.3) is 0 Å². The van der Waals surface area contributed by atoms with Crippen LogP contribution < -0.4 is 0 Å². The van der Waals surface area contributed by atoms with E-state index in [1.165, 1.54) is 164 Å². The summed E-state index contributed by atoms with van der Waals surface area (Å²) >= 11 is 0. The normalized spacial score (nSPS) is 11.8. The van der Waals surface area contributed by atoms with Gasteiger partial charge in [-0.1, -0.05) is 170 Å². The molecule has 0 N–H and O–H groups in total. The number of hydrogen-bond donors (Lipinski definition) is 0. The van der Waals surface area contributed by atoms with Gasteiger partial charge in [0.2, 0.25) is 0 Å². The molecule has 0 spiro atoms. The van der Waals surface area contributed by atoms with Crippen LogP contribution in [0.15, 0.2) is 35.4 Å². The van der Waals surface area contributed by atoms with E-state index in [1.807, 2.05) is 0 Å². The molecule has 0 fully saturated rings. The molecule has 0 aliphatic carbocycles. The molecule has 0 aliphatic rings. The summed E-state index contributed by atoms with van der Waals surface area (Å²) in [5, 5.41) is 0. The lowest BCUT2D eigenvalue weighted by Crippen LogP contribution is -2.09. The molecule has 2 heteroatoms. The Bertz CT molecular complexity index is 1420. The zero-order chi connectivity index (χ0) is 40.8. The quantitative estimate of drug-likeness (QED) is 0.0228. The maximum Gasteiger partial charge on any atom is 0.303 e. The summed E-state index contributed by atoms with van der Waals surface area (Å²) in [7, 11) is 0. The average Bonchev–Trinajstić information content (AvgIpc) is 3.21. The zero-order valence-corrected chi connectivity index (χ0v) is 38.4. The highest BCUT2D eigenvalue weighted by Gasteiger charge is 2.23. The molecule has 0 atom stereocenters. The van der Waals surface area contributed by atoms with E-state index in [-0.39, 0.29) is 0 Å². The Balaban J connectivity index is 3.21. The molecule has 0 aliphatic heterocycles. The second-order valence-electron chi connectivity index (χ2n) is 17.0. The van der Waals surface area contributed by atoms with Gasteiger partial charge in [0.05, 0.1) is 5.57 Å². The monoisotopic (exact) mass is 765 g/mol. The van der Waals surface area contributed by atoms with E-state index < -0.39 is 0 Å². The summed E-state index contributed by atoms with van der Waals surface area (Å²) in [6.45, 7) is 18.6. The van der Waals surface area contributed by atoms with Crippen LogP contribution in [0.25, 0.3) is 11.1 Å². The van der Waals surface area contributed by atoms with E-state index in [2.05, 4.69) is 90.3 Å². The van der Waals surface area contributed by atoms with Crippen molar-refractivity contribution in [1.29, 1.82) is 0 Å². The van der Waals surface area contributed by atoms with Crippen LogP contribution in [0.1, 0.15) is 254 Å². The summed E-state index contributed by atoms with van der Waals surface area (Å²) < 4.78 is 0. The van der Waals surface area contributed by atoms with Gasteiger partial charge in [-0.15, -0.1) is 4.79 Å². The zero-order valence-electron chi connectivity index (χ0n) is 38.4. The smallest absolute Gasteiger partial charge is 0.303 e. The van der Waals surface area contributed by atoms with Gasteiger partial charge < -0.3 is 5.53 Å². The molecule has 0 saturated carbocycles. The van der Waals surface area contributed by atoms with E-state index in [9.17, 15) is 5.53 Å². The highest BCUT2D eigenvalue weighted by molar-refractivity contribution is 5.88. The van der Waals surface area contributed by atoms with E-state index in [0.29, 0.717) is 0 Å². The van der Waals surface area contributed by atoms with Crippen molar-refractivity contribution >= 4 is 11.4 Å². The van der Waals surface area contributed by atoms with Gasteiger partial charge in [0, 0.05) is 0 Å². The number of benzene rings is 2. The summed E-state index contributed by atoms with van der Waals surface area (Å²) in [6.07, 6.45) is 36.3. The van der Waals surface area contributed by atoms with Crippen LogP contribution in [-0.4, -0.2) is 10.7 Å². The van der Waals surface area contributed by atoms with Crippen LogP contribution in [0.3, 0.4) is 0 Å². The molecule has 0 radical (unpaired) electrons. The Morgan fingerprint density at radius 2 is 0.750 bits per heavy atom. The van der Waals surface area contributed by atoms with Gasteiger partial charge in [-0.3, -0.25) is 0 Å². The third-order valence-electron chi connectivity index (χ3n) is 12.1. The van der Waals surface area contributed by atoms with E-state index >= 15 is 0 Å². The van der Waals surface area contributed by atoms with E-state index in [1.54, 1.807) is 33.4 Å². The van der Waals surface area contributed by atoms with Crippen molar-refractivity contribution in [2.24, 2.45) is 0 Å². The van der Waals surface area contributed by atoms with Crippen LogP contribution in [0.2, 0.25) is 0 Å². The molecule has 2 nitrogen and oxygen atoms in total. The van der Waals surface area contributed by atoms with Crippen molar-refractivity contribution in [2.75, 3.05) is 0 Å². The van der Waals surface area contributed by atoms with Crippen molar-refractivity contribution < 1.29 is 4.79 Å². The molecular formula is C54H88N2. The molecule has 314 valence electrons. The predicted octanol–water partition coefficient (Wildman–Crippen LogP) is 17.1.